The summed E-state index contributed by atoms with van der Waals surface area (Å²) < 4.78 is 10.7. The number of hydrogen-bond donors (Lipinski definition) is 2. The summed E-state index contributed by atoms with van der Waals surface area (Å²) >= 11 is 12.8. The Morgan fingerprint density at radius 1 is 1.00 bits per heavy atom. The molecular formula is C28H22Cl2N2O5. The first kappa shape index (κ1) is 24.7. The van der Waals surface area contributed by atoms with Crippen LogP contribution in [0.2, 0.25) is 10.0 Å². The predicted octanol–water partition coefficient (Wildman–Crippen LogP) is 6.43. The number of nitrogens with one attached hydrogen (secondary N) is 1. The van der Waals surface area contributed by atoms with E-state index in [2.05, 4.69) is 4.98 Å². The molecule has 0 saturated carbocycles. The zero-order valence-electron chi connectivity index (χ0n) is 20.1. The first-order chi connectivity index (χ1) is 17.8. The number of amides is 1. The number of anilines is 1. The molecule has 0 spiro atoms. The fraction of sp³-hybridized carbons (Fsp3) is 0.143. The number of rotatable bonds is 5. The molecule has 4 aromatic rings. The highest BCUT2D eigenvalue weighted by atomic mass is 35.5. The monoisotopic (exact) mass is 536 g/mol. The molecule has 1 saturated heterocycles. The molecule has 37 heavy (non-hydrogen) atoms. The summed E-state index contributed by atoms with van der Waals surface area (Å²) in [6, 6.07) is 15.2. The molecule has 9 heteroatoms. The summed E-state index contributed by atoms with van der Waals surface area (Å²) in [6.07, 6.45) is 1.74. The number of aliphatic hydroxyl groups is 1. The van der Waals surface area contributed by atoms with Crippen LogP contribution in [0.15, 0.2) is 66.4 Å². The van der Waals surface area contributed by atoms with Crippen LogP contribution in [-0.2, 0) is 9.59 Å². The van der Waals surface area contributed by atoms with Gasteiger partial charge >= 0.3 is 0 Å². The van der Waals surface area contributed by atoms with E-state index in [0.29, 0.717) is 11.3 Å². The Bertz CT molecular complexity index is 1590. The van der Waals surface area contributed by atoms with E-state index >= 15 is 0 Å². The third kappa shape index (κ3) is 3.91. The van der Waals surface area contributed by atoms with Gasteiger partial charge in [0.1, 0.15) is 10.8 Å². The number of ketones is 1. The van der Waals surface area contributed by atoms with Gasteiger partial charge in [0.05, 0.1) is 36.4 Å². The number of carbonyl (C=O) groups excluding carboxylic acids is 2. The molecule has 2 heterocycles. The molecule has 1 atom stereocenters. The van der Waals surface area contributed by atoms with E-state index in [1.807, 2.05) is 43.3 Å². The topological polar surface area (TPSA) is 91.9 Å². The molecule has 1 aliphatic rings. The van der Waals surface area contributed by atoms with Crippen molar-refractivity contribution in [1.29, 1.82) is 0 Å². The number of Topliss-reactive ketones (excluding diaryl/α,β-unsaturated/α-hetero) is 1. The van der Waals surface area contributed by atoms with Gasteiger partial charge < -0.3 is 19.6 Å². The number of halogens is 2. The number of carbonyl (C=O) groups is 2. The summed E-state index contributed by atoms with van der Waals surface area (Å²) in [4.78, 5) is 31.6. The molecule has 1 unspecified atom stereocenters. The zero-order valence-corrected chi connectivity index (χ0v) is 21.6. The Morgan fingerprint density at radius 2 is 1.68 bits per heavy atom. The lowest BCUT2D eigenvalue weighted by Gasteiger charge is -2.25. The molecule has 1 aliphatic heterocycles. The van der Waals surface area contributed by atoms with Gasteiger partial charge in [-0.3, -0.25) is 14.5 Å². The number of benzene rings is 3. The summed E-state index contributed by atoms with van der Waals surface area (Å²) in [6.45, 7) is 1.93. The van der Waals surface area contributed by atoms with Gasteiger partial charge in [0.25, 0.3) is 11.7 Å². The van der Waals surface area contributed by atoms with E-state index in [1.165, 1.54) is 25.2 Å². The fourth-order valence-corrected chi connectivity index (χ4v) is 5.40. The van der Waals surface area contributed by atoms with Gasteiger partial charge in [-0.25, -0.2) is 0 Å². The number of fused-ring (bicyclic) bond motifs is 1. The molecule has 3 aromatic carbocycles. The molecule has 1 aromatic heterocycles. The standard InChI is InChI=1S/C28H22Cl2N2O5/c1-14-8-10-15(11-9-14)32-23(18-13-31-20-7-5-4-6-16(18)20)21(25(34)28(32)35)24(33)17-12-19(29)27(37-3)22(30)26(17)36-2/h4-13,23,31,33H,1-3H3/b24-21+. The number of aromatic nitrogens is 1. The maximum absolute atomic E-state index is 13.6. The van der Waals surface area contributed by atoms with Crippen molar-refractivity contribution >= 4 is 57.2 Å². The zero-order chi connectivity index (χ0) is 26.4. The number of aliphatic hydroxyl groups excluding tert-OH is 1. The maximum atomic E-state index is 13.6. The number of aryl methyl sites for hydroxylation is 1. The van der Waals surface area contributed by atoms with Crippen LogP contribution >= 0.6 is 23.2 Å². The summed E-state index contributed by atoms with van der Waals surface area (Å²) in [7, 11) is 2.77. The van der Waals surface area contributed by atoms with Crippen molar-refractivity contribution < 1.29 is 24.2 Å². The van der Waals surface area contributed by atoms with Crippen molar-refractivity contribution in [2.24, 2.45) is 0 Å². The Morgan fingerprint density at radius 3 is 2.35 bits per heavy atom. The van der Waals surface area contributed by atoms with E-state index in [9.17, 15) is 14.7 Å². The summed E-state index contributed by atoms with van der Waals surface area (Å²) in [5, 5.41) is 12.5. The molecule has 0 radical (unpaired) electrons. The van der Waals surface area contributed by atoms with Crippen LogP contribution in [0.25, 0.3) is 16.7 Å². The van der Waals surface area contributed by atoms with Crippen LogP contribution in [0, 0.1) is 6.92 Å². The number of aromatic amines is 1. The van der Waals surface area contributed by atoms with E-state index in [0.717, 1.165) is 16.5 Å². The van der Waals surface area contributed by atoms with Crippen LogP contribution < -0.4 is 14.4 Å². The first-order valence-corrected chi connectivity index (χ1v) is 12.1. The number of para-hydroxylation sites is 1. The molecule has 0 bridgehead atoms. The lowest BCUT2D eigenvalue weighted by Crippen LogP contribution is -2.29. The highest BCUT2D eigenvalue weighted by Gasteiger charge is 2.48. The number of H-pyrrole nitrogens is 1. The quantitative estimate of drug-likeness (QED) is 0.174. The maximum Gasteiger partial charge on any atom is 0.300 e. The van der Waals surface area contributed by atoms with Crippen molar-refractivity contribution in [2.45, 2.75) is 13.0 Å². The third-order valence-corrected chi connectivity index (χ3v) is 7.09. The van der Waals surface area contributed by atoms with Gasteiger partial charge in [-0.15, -0.1) is 0 Å². The second kappa shape index (κ2) is 9.50. The van der Waals surface area contributed by atoms with Crippen LogP contribution in [-0.4, -0.2) is 36.0 Å². The van der Waals surface area contributed by atoms with Gasteiger partial charge in [0.15, 0.2) is 11.5 Å². The van der Waals surface area contributed by atoms with Crippen molar-refractivity contribution in [3.63, 3.8) is 0 Å². The lowest BCUT2D eigenvalue weighted by atomic mass is 9.94. The molecule has 0 aliphatic carbocycles. The molecule has 7 nitrogen and oxygen atoms in total. The van der Waals surface area contributed by atoms with Gasteiger partial charge in [0, 0.05) is 28.4 Å². The minimum atomic E-state index is -0.941. The van der Waals surface area contributed by atoms with Gasteiger partial charge in [-0.2, -0.15) is 0 Å². The molecule has 1 fully saturated rings. The summed E-state index contributed by atoms with van der Waals surface area (Å²) in [5.74, 6) is -1.87. The van der Waals surface area contributed by atoms with Crippen LogP contribution in [0.4, 0.5) is 5.69 Å². The first-order valence-electron chi connectivity index (χ1n) is 11.3. The minimum absolute atomic E-state index is 0.0236. The highest BCUT2D eigenvalue weighted by Crippen LogP contribution is 2.48. The SMILES string of the molecule is COc1c(Cl)cc(/C(O)=C2\C(=O)C(=O)N(c3ccc(C)cc3)C2c2c[nH]c3ccccc23)c(OC)c1Cl. The molecule has 2 N–H and O–H groups in total. The molecule has 1 amide bonds. The van der Waals surface area contributed by atoms with E-state index in [-0.39, 0.29) is 32.7 Å². The second-order valence-corrected chi connectivity index (χ2v) is 9.37. The Labute approximate surface area is 222 Å². The molecule has 188 valence electrons. The fourth-order valence-electron chi connectivity index (χ4n) is 4.71. The highest BCUT2D eigenvalue weighted by molar-refractivity contribution is 6.52. The van der Waals surface area contributed by atoms with E-state index in [1.54, 1.807) is 18.3 Å². The van der Waals surface area contributed by atoms with E-state index < -0.39 is 23.5 Å². The molecular weight excluding hydrogens is 515 g/mol. The Balaban J connectivity index is 1.82. The average molecular weight is 537 g/mol. The number of methoxy groups -OCH3 is 2. The Kier molecular flexibility index (Phi) is 6.35. The van der Waals surface area contributed by atoms with Gasteiger partial charge in [-0.05, 0) is 31.2 Å². The minimum Gasteiger partial charge on any atom is -0.507 e. The number of nitrogens with zero attached hydrogens (tertiary/aromatic N) is 1. The second-order valence-electron chi connectivity index (χ2n) is 8.58. The Hall–Kier alpha value is -3.94. The van der Waals surface area contributed by atoms with Crippen molar-refractivity contribution in [2.75, 3.05) is 19.1 Å². The van der Waals surface area contributed by atoms with Crippen molar-refractivity contribution in [3.8, 4) is 11.5 Å². The van der Waals surface area contributed by atoms with E-state index in [4.69, 9.17) is 32.7 Å². The smallest absolute Gasteiger partial charge is 0.300 e. The lowest BCUT2D eigenvalue weighted by molar-refractivity contribution is -0.132. The summed E-state index contributed by atoms with van der Waals surface area (Å²) in [5.41, 5.74) is 2.91. The third-order valence-electron chi connectivity index (χ3n) is 6.47. The normalized spacial score (nSPS) is 17.0. The predicted molar refractivity (Wildman–Crippen MR) is 144 cm³/mol. The van der Waals surface area contributed by atoms with Gasteiger partial charge in [0.2, 0.25) is 0 Å². The number of hydrogen-bond acceptors (Lipinski definition) is 5. The van der Waals surface area contributed by atoms with Crippen LogP contribution in [0.3, 0.4) is 0 Å². The number of ether oxygens (including phenoxy) is 2. The largest absolute Gasteiger partial charge is 0.507 e. The van der Waals surface area contributed by atoms with Crippen LogP contribution in [0.5, 0.6) is 11.5 Å². The van der Waals surface area contributed by atoms with Gasteiger partial charge in [-0.1, -0.05) is 59.1 Å². The average Bonchev–Trinajstić information content (AvgIpc) is 3.42. The van der Waals surface area contributed by atoms with Crippen molar-refractivity contribution in [1.82, 2.24) is 4.98 Å². The van der Waals surface area contributed by atoms with Crippen molar-refractivity contribution in [3.05, 3.63) is 93.1 Å². The molecule has 5 rings (SSSR count). The van der Waals surface area contributed by atoms with Crippen LogP contribution in [0.1, 0.15) is 22.7 Å².